The van der Waals surface area contributed by atoms with Gasteiger partial charge < -0.3 is 14.2 Å². The van der Waals surface area contributed by atoms with E-state index in [0.717, 1.165) is 0 Å². The number of ether oxygens (including phenoxy) is 1. The standard InChI is InChI=1S/C22H24ClN3O3/c1-22(2,3)15-9-11-16(12-10-15)28-14-20(27)26(4)13-19-24-21(25-29-19)17-7-5-6-8-18(17)23/h5-12H,13-14H2,1-4H3. The SMILES string of the molecule is CN(Cc1nc(-c2ccccc2Cl)no1)C(=O)COc1ccc(C(C)(C)C)cc1. The van der Waals surface area contributed by atoms with Gasteiger partial charge in [-0.2, -0.15) is 4.98 Å². The summed E-state index contributed by atoms with van der Waals surface area (Å²) < 4.78 is 10.9. The van der Waals surface area contributed by atoms with Gasteiger partial charge in [0.25, 0.3) is 5.91 Å². The first-order valence-electron chi connectivity index (χ1n) is 9.29. The summed E-state index contributed by atoms with van der Waals surface area (Å²) in [7, 11) is 1.66. The Morgan fingerprint density at radius 2 is 1.83 bits per heavy atom. The van der Waals surface area contributed by atoms with Gasteiger partial charge in [0.05, 0.1) is 11.6 Å². The number of carbonyl (C=O) groups is 1. The van der Waals surface area contributed by atoms with E-state index in [1.165, 1.54) is 10.5 Å². The van der Waals surface area contributed by atoms with Crippen LogP contribution in [0.2, 0.25) is 5.02 Å². The molecule has 0 saturated heterocycles. The van der Waals surface area contributed by atoms with Crippen molar-refractivity contribution >= 4 is 17.5 Å². The number of hydrogen-bond donors (Lipinski definition) is 0. The highest BCUT2D eigenvalue weighted by atomic mass is 35.5. The van der Waals surface area contributed by atoms with Crippen molar-refractivity contribution in [3.05, 3.63) is 65.0 Å². The van der Waals surface area contributed by atoms with Crippen molar-refractivity contribution in [2.24, 2.45) is 0 Å². The van der Waals surface area contributed by atoms with Crippen molar-refractivity contribution < 1.29 is 14.1 Å². The molecule has 1 heterocycles. The molecule has 0 saturated carbocycles. The molecule has 3 aromatic rings. The molecular formula is C22H24ClN3O3. The zero-order valence-electron chi connectivity index (χ0n) is 17.0. The van der Waals surface area contributed by atoms with Crippen LogP contribution in [0.5, 0.6) is 5.75 Å². The lowest BCUT2D eigenvalue weighted by Crippen LogP contribution is -2.31. The summed E-state index contributed by atoms with van der Waals surface area (Å²) in [6, 6.07) is 15.0. The molecule has 1 aromatic heterocycles. The number of nitrogens with zero attached hydrogens (tertiary/aromatic N) is 3. The topological polar surface area (TPSA) is 68.5 Å². The van der Waals surface area contributed by atoms with E-state index in [1.807, 2.05) is 42.5 Å². The zero-order valence-corrected chi connectivity index (χ0v) is 17.7. The largest absolute Gasteiger partial charge is 0.484 e. The fourth-order valence-corrected chi connectivity index (χ4v) is 2.89. The zero-order chi connectivity index (χ0) is 21.0. The summed E-state index contributed by atoms with van der Waals surface area (Å²) in [6.07, 6.45) is 0. The molecule has 2 aromatic carbocycles. The second kappa shape index (κ2) is 8.66. The van der Waals surface area contributed by atoms with Crippen LogP contribution in [0.15, 0.2) is 53.1 Å². The number of amides is 1. The molecule has 0 aliphatic rings. The lowest BCUT2D eigenvalue weighted by molar-refractivity contribution is -0.132. The van der Waals surface area contributed by atoms with Gasteiger partial charge in [0, 0.05) is 12.6 Å². The molecule has 0 fully saturated rings. The first kappa shape index (κ1) is 20.9. The predicted octanol–water partition coefficient (Wildman–Crippen LogP) is 4.72. The van der Waals surface area contributed by atoms with Gasteiger partial charge in [-0.25, -0.2) is 0 Å². The minimum Gasteiger partial charge on any atom is -0.484 e. The highest BCUT2D eigenvalue weighted by Gasteiger charge is 2.17. The fraction of sp³-hybridized carbons (Fsp3) is 0.318. The molecule has 1 amide bonds. The Labute approximate surface area is 175 Å². The highest BCUT2D eigenvalue weighted by molar-refractivity contribution is 6.33. The summed E-state index contributed by atoms with van der Waals surface area (Å²) in [4.78, 5) is 18.2. The summed E-state index contributed by atoms with van der Waals surface area (Å²) in [5, 5.41) is 4.48. The first-order valence-corrected chi connectivity index (χ1v) is 9.66. The Morgan fingerprint density at radius 1 is 1.14 bits per heavy atom. The van der Waals surface area contributed by atoms with Crippen molar-refractivity contribution in [3.8, 4) is 17.1 Å². The Kier molecular flexibility index (Phi) is 6.23. The van der Waals surface area contributed by atoms with Gasteiger partial charge in [-0.1, -0.05) is 61.8 Å². The lowest BCUT2D eigenvalue weighted by Gasteiger charge is -2.19. The van der Waals surface area contributed by atoms with E-state index in [2.05, 4.69) is 30.9 Å². The molecule has 3 rings (SSSR count). The first-order chi connectivity index (χ1) is 13.7. The molecule has 0 aliphatic heterocycles. The predicted molar refractivity (Wildman–Crippen MR) is 112 cm³/mol. The Morgan fingerprint density at radius 3 is 2.48 bits per heavy atom. The van der Waals surface area contributed by atoms with E-state index < -0.39 is 0 Å². The fourth-order valence-electron chi connectivity index (χ4n) is 2.67. The van der Waals surface area contributed by atoms with E-state index in [1.54, 1.807) is 13.1 Å². The molecule has 0 N–H and O–H groups in total. The van der Waals surface area contributed by atoms with Crippen LogP contribution in [0.3, 0.4) is 0 Å². The molecule has 0 bridgehead atoms. The summed E-state index contributed by atoms with van der Waals surface area (Å²) in [5.41, 5.74) is 1.96. The molecular weight excluding hydrogens is 390 g/mol. The quantitative estimate of drug-likeness (QED) is 0.584. The van der Waals surface area contributed by atoms with E-state index in [-0.39, 0.29) is 24.5 Å². The van der Waals surface area contributed by atoms with Crippen LogP contribution >= 0.6 is 11.6 Å². The molecule has 0 atom stereocenters. The smallest absolute Gasteiger partial charge is 0.260 e. The van der Waals surface area contributed by atoms with Crippen molar-refractivity contribution in [1.82, 2.24) is 15.0 Å². The third-order valence-corrected chi connectivity index (χ3v) is 4.79. The van der Waals surface area contributed by atoms with Crippen molar-refractivity contribution in [2.75, 3.05) is 13.7 Å². The van der Waals surface area contributed by atoms with E-state index >= 15 is 0 Å². The van der Waals surface area contributed by atoms with E-state index in [4.69, 9.17) is 20.9 Å². The van der Waals surface area contributed by atoms with E-state index in [0.29, 0.717) is 28.1 Å². The number of aromatic nitrogens is 2. The second-order valence-corrected chi connectivity index (χ2v) is 8.21. The lowest BCUT2D eigenvalue weighted by atomic mass is 9.87. The maximum absolute atomic E-state index is 12.4. The van der Waals surface area contributed by atoms with Crippen LogP contribution in [0.25, 0.3) is 11.4 Å². The average molecular weight is 414 g/mol. The third kappa shape index (κ3) is 5.35. The highest BCUT2D eigenvalue weighted by Crippen LogP contribution is 2.25. The molecule has 152 valence electrons. The van der Waals surface area contributed by atoms with Crippen LogP contribution in [0.1, 0.15) is 32.2 Å². The Bertz CT molecular complexity index is 977. The van der Waals surface area contributed by atoms with Gasteiger partial charge in [0.15, 0.2) is 6.61 Å². The van der Waals surface area contributed by atoms with Gasteiger partial charge >= 0.3 is 0 Å². The molecule has 7 heteroatoms. The van der Waals surface area contributed by atoms with Crippen LogP contribution < -0.4 is 4.74 Å². The minimum absolute atomic E-state index is 0.0709. The van der Waals surface area contributed by atoms with Crippen LogP contribution in [0.4, 0.5) is 0 Å². The average Bonchev–Trinajstić information content (AvgIpc) is 3.14. The molecule has 0 radical (unpaired) electrons. The van der Waals surface area contributed by atoms with Crippen molar-refractivity contribution in [1.29, 1.82) is 0 Å². The maximum Gasteiger partial charge on any atom is 0.260 e. The molecule has 0 unspecified atom stereocenters. The van der Waals surface area contributed by atoms with Gasteiger partial charge in [0.1, 0.15) is 5.75 Å². The van der Waals surface area contributed by atoms with Crippen LogP contribution in [-0.4, -0.2) is 34.6 Å². The van der Waals surface area contributed by atoms with Crippen LogP contribution in [-0.2, 0) is 16.8 Å². The van der Waals surface area contributed by atoms with Gasteiger partial charge in [-0.3, -0.25) is 4.79 Å². The van der Waals surface area contributed by atoms with Crippen molar-refractivity contribution in [2.45, 2.75) is 32.7 Å². The Hall–Kier alpha value is -2.86. The molecule has 0 aliphatic carbocycles. The summed E-state index contributed by atoms with van der Waals surface area (Å²) in [5.74, 6) is 1.17. The number of likely N-dealkylation sites (N-methyl/N-ethyl adjacent to an activating group) is 1. The second-order valence-electron chi connectivity index (χ2n) is 7.80. The number of halogens is 1. The van der Waals surface area contributed by atoms with Gasteiger partial charge in [-0.05, 0) is 35.2 Å². The maximum atomic E-state index is 12.4. The monoisotopic (exact) mass is 413 g/mol. The molecule has 29 heavy (non-hydrogen) atoms. The molecule has 0 spiro atoms. The van der Waals surface area contributed by atoms with E-state index in [9.17, 15) is 4.79 Å². The number of benzene rings is 2. The number of hydrogen-bond acceptors (Lipinski definition) is 5. The Balaban J connectivity index is 1.55. The van der Waals surface area contributed by atoms with Gasteiger partial charge in [-0.15, -0.1) is 0 Å². The normalized spacial score (nSPS) is 11.3. The minimum atomic E-state index is -0.192. The van der Waals surface area contributed by atoms with Crippen molar-refractivity contribution in [3.63, 3.8) is 0 Å². The summed E-state index contributed by atoms with van der Waals surface area (Å²) >= 11 is 6.16. The number of carbonyl (C=O) groups excluding carboxylic acids is 1. The molecule has 6 nitrogen and oxygen atoms in total. The number of rotatable bonds is 6. The van der Waals surface area contributed by atoms with Gasteiger partial charge in [0.2, 0.25) is 11.7 Å². The third-order valence-electron chi connectivity index (χ3n) is 4.46. The van der Waals surface area contributed by atoms with Crippen LogP contribution in [0, 0.1) is 0 Å². The summed E-state index contributed by atoms with van der Waals surface area (Å²) in [6.45, 7) is 6.56.